The number of ether oxygens (including phenoxy) is 1. The Bertz CT molecular complexity index is 543. The van der Waals surface area contributed by atoms with Gasteiger partial charge in [-0.05, 0) is 30.2 Å². The van der Waals surface area contributed by atoms with Crippen molar-refractivity contribution in [1.29, 1.82) is 0 Å². The molecule has 0 spiro atoms. The monoisotopic (exact) mass is 259 g/mol. The van der Waals surface area contributed by atoms with Crippen LogP contribution in [0.5, 0.6) is 5.75 Å². The van der Waals surface area contributed by atoms with Crippen molar-refractivity contribution in [3.8, 4) is 5.75 Å². The molecular weight excluding hydrogens is 238 g/mol. The number of nitrogens with one attached hydrogen (secondary N) is 2. The summed E-state index contributed by atoms with van der Waals surface area (Å²) < 4.78 is 5.31. The molecule has 1 saturated heterocycles. The molecule has 1 fully saturated rings. The summed E-state index contributed by atoms with van der Waals surface area (Å²) in [6.45, 7) is 5.67. The molecule has 0 saturated carbocycles. The first kappa shape index (κ1) is 12.5. The van der Waals surface area contributed by atoms with Crippen molar-refractivity contribution in [2.75, 3.05) is 39.8 Å². The van der Waals surface area contributed by atoms with E-state index < -0.39 is 0 Å². The van der Waals surface area contributed by atoms with Crippen LogP contribution in [-0.2, 0) is 6.42 Å². The summed E-state index contributed by atoms with van der Waals surface area (Å²) in [5, 5.41) is 4.67. The van der Waals surface area contributed by atoms with Crippen molar-refractivity contribution < 1.29 is 4.74 Å². The van der Waals surface area contributed by atoms with E-state index in [2.05, 4.69) is 33.5 Å². The molecule has 0 atom stereocenters. The SMILES string of the molecule is COc1ccc2[nH]cc(CCN3CCNCC3)c2c1. The normalized spacial score (nSPS) is 16.9. The largest absolute Gasteiger partial charge is 0.497 e. The zero-order valence-corrected chi connectivity index (χ0v) is 11.4. The number of benzene rings is 1. The van der Waals surface area contributed by atoms with Gasteiger partial charge in [0.25, 0.3) is 0 Å². The smallest absolute Gasteiger partial charge is 0.119 e. The Morgan fingerprint density at radius 1 is 1.26 bits per heavy atom. The lowest BCUT2D eigenvalue weighted by molar-refractivity contribution is 0.244. The average Bonchev–Trinajstić information content (AvgIpc) is 2.88. The topological polar surface area (TPSA) is 40.3 Å². The van der Waals surface area contributed by atoms with Crippen molar-refractivity contribution in [2.24, 2.45) is 0 Å². The second-order valence-corrected chi connectivity index (χ2v) is 5.07. The number of hydrogen-bond acceptors (Lipinski definition) is 3. The van der Waals surface area contributed by atoms with Crippen molar-refractivity contribution in [2.45, 2.75) is 6.42 Å². The third-order valence-corrected chi connectivity index (χ3v) is 3.88. The first-order valence-electron chi connectivity index (χ1n) is 6.94. The van der Waals surface area contributed by atoms with Gasteiger partial charge in [0.05, 0.1) is 7.11 Å². The number of H-pyrrole nitrogens is 1. The molecule has 0 amide bonds. The number of fused-ring (bicyclic) bond motifs is 1. The highest BCUT2D eigenvalue weighted by Gasteiger charge is 2.11. The van der Waals surface area contributed by atoms with Crippen LogP contribution >= 0.6 is 0 Å². The number of rotatable bonds is 4. The second kappa shape index (κ2) is 5.63. The lowest BCUT2D eigenvalue weighted by Gasteiger charge is -2.26. The van der Waals surface area contributed by atoms with Crippen LogP contribution in [0.4, 0.5) is 0 Å². The van der Waals surface area contributed by atoms with E-state index in [4.69, 9.17) is 4.74 Å². The number of aromatic nitrogens is 1. The minimum Gasteiger partial charge on any atom is -0.497 e. The summed E-state index contributed by atoms with van der Waals surface area (Å²) in [7, 11) is 1.72. The Morgan fingerprint density at radius 2 is 2.11 bits per heavy atom. The fourth-order valence-electron chi connectivity index (χ4n) is 2.70. The molecule has 2 N–H and O–H groups in total. The molecular formula is C15H21N3O. The average molecular weight is 259 g/mol. The Balaban J connectivity index is 1.72. The van der Waals surface area contributed by atoms with E-state index in [0.29, 0.717) is 0 Å². The fourth-order valence-corrected chi connectivity index (χ4v) is 2.70. The maximum atomic E-state index is 5.31. The maximum Gasteiger partial charge on any atom is 0.119 e. The molecule has 1 aromatic carbocycles. The van der Waals surface area contributed by atoms with Gasteiger partial charge in [0.2, 0.25) is 0 Å². The van der Waals surface area contributed by atoms with Gasteiger partial charge in [0.1, 0.15) is 5.75 Å². The van der Waals surface area contributed by atoms with Gasteiger partial charge in [-0.1, -0.05) is 0 Å². The van der Waals surface area contributed by atoms with Crippen LogP contribution in [0.1, 0.15) is 5.56 Å². The Morgan fingerprint density at radius 3 is 2.89 bits per heavy atom. The van der Waals surface area contributed by atoms with E-state index in [-0.39, 0.29) is 0 Å². The minimum atomic E-state index is 0.926. The van der Waals surface area contributed by atoms with Gasteiger partial charge in [-0.15, -0.1) is 0 Å². The van der Waals surface area contributed by atoms with Crippen molar-refractivity contribution >= 4 is 10.9 Å². The number of piperazine rings is 1. The molecule has 4 heteroatoms. The van der Waals surface area contributed by atoms with Crippen LogP contribution in [0.2, 0.25) is 0 Å². The summed E-state index contributed by atoms with van der Waals surface area (Å²) in [5.74, 6) is 0.926. The quantitative estimate of drug-likeness (QED) is 0.876. The van der Waals surface area contributed by atoms with E-state index in [9.17, 15) is 0 Å². The maximum absolute atomic E-state index is 5.31. The van der Waals surface area contributed by atoms with Crippen molar-refractivity contribution in [1.82, 2.24) is 15.2 Å². The number of methoxy groups -OCH3 is 1. The van der Waals surface area contributed by atoms with Crippen LogP contribution in [0.15, 0.2) is 24.4 Å². The molecule has 1 aliphatic heterocycles. The zero-order valence-electron chi connectivity index (χ0n) is 11.4. The summed E-state index contributed by atoms with van der Waals surface area (Å²) >= 11 is 0. The third kappa shape index (κ3) is 2.74. The van der Waals surface area contributed by atoms with Crippen LogP contribution in [-0.4, -0.2) is 49.7 Å². The number of nitrogens with zero attached hydrogens (tertiary/aromatic N) is 1. The molecule has 3 rings (SSSR count). The van der Waals surface area contributed by atoms with Gasteiger partial charge in [0, 0.05) is 49.8 Å². The predicted octanol–water partition coefficient (Wildman–Crippen LogP) is 1.62. The minimum absolute atomic E-state index is 0.926. The van der Waals surface area contributed by atoms with Crippen molar-refractivity contribution in [3.05, 3.63) is 30.0 Å². The Kier molecular flexibility index (Phi) is 3.71. The molecule has 1 aromatic heterocycles. The molecule has 102 valence electrons. The van der Waals surface area contributed by atoms with Crippen LogP contribution < -0.4 is 10.1 Å². The Hall–Kier alpha value is -1.52. The highest BCUT2D eigenvalue weighted by molar-refractivity contribution is 5.84. The van der Waals surface area contributed by atoms with Crippen LogP contribution in [0.25, 0.3) is 10.9 Å². The molecule has 0 radical (unpaired) electrons. The second-order valence-electron chi connectivity index (χ2n) is 5.07. The summed E-state index contributed by atoms with van der Waals surface area (Å²) in [5.41, 5.74) is 2.57. The van der Waals surface area contributed by atoms with Crippen LogP contribution in [0, 0.1) is 0 Å². The number of aromatic amines is 1. The molecule has 0 bridgehead atoms. The van der Waals surface area contributed by atoms with Crippen LogP contribution in [0.3, 0.4) is 0 Å². The summed E-state index contributed by atoms with van der Waals surface area (Å²) in [6, 6.07) is 6.21. The summed E-state index contributed by atoms with van der Waals surface area (Å²) in [4.78, 5) is 5.86. The zero-order chi connectivity index (χ0) is 13.1. The van der Waals surface area contributed by atoms with Gasteiger partial charge in [-0.3, -0.25) is 0 Å². The third-order valence-electron chi connectivity index (χ3n) is 3.88. The van der Waals surface area contributed by atoms with Gasteiger partial charge in [0.15, 0.2) is 0 Å². The first-order chi connectivity index (χ1) is 9.36. The van der Waals surface area contributed by atoms with E-state index >= 15 is 0 Å². The van der Waals surface area contributed by atoms with Gasteiger partial charge < -0.3 is 19.9 Å². The molecule has 0 unspecified atom stereocenters. The van der Waals surface area contributed by atoms with E-state index in [1.807, 2.05) is 6.07 Å². The molecule has 2 aromatic rings. The van der Waals surface area contributed by atoms with Gasteiger partial charge in [-0.2, -0.15) is 0 Å². The van der Waals surface area contributed by atoms with Gasteiger partial charge >= 0.3 is 0 Å². The molecule has 1 aliphatic rings. The highest BCUT2D eigenvalue weighted by Crippen LogP contribution is 2.24. The van der Waals surface area contributed by atoms with E-state index in [0.717, 1.165) is 44.9 Å². The van der Waals surface area contributed by atoms with Gasteiger partial charge in [-0.25, -0.2) is 0 Å². The highest BCUT2D eigenvalue weighted by atomic mass is 16.5. The number of hydrogen-bond donors (Lipinski definition) is 2. The predicted molar refractivity (Wildman–Crippen MR) is 77.9 cm³/mol. The summed E-state index contributed by atoms with van der Waals surface area (Å²) in [6.07, 6.45) is 3.22. The lowest BCUT2D eigenvalue weighted by Crippen LogP contribution is -2.44. The molecule has 4 nitrogen and oxygen atoms in total. The van der Waals surface area contributed by atoms with Crippen molar-refractivity contribution in [3.63, 3.8) is 0 Å². The first-order valence-corrected chi connectivity index (χ1v) is 6.94. The standard InChI is InChI=1S/C15H21N3O/c1-19-13-2-3-15-14(10-13)12(11-17-15)4-7-18-8-5-16-6-9-18/h2-3,10-11,16-17H,4-9H2,1H3. The lowest BCUT2D eigenvalue weighted by atomic mass is 10.1. The fraction of sp³-hybridized carbons (Fsp3) is 0.467. The Labute approximate surface area is 113 Å². The molecule has 2 heterocycles. The molecule has 19 heavy (non-hydrogen) atoms. The molecule has 0 aliphatic carbocycles. The van der Waals surface area contributed by atoms with E-state index in [1.165, 1.54) is 16.5 Å². The van der Waals surface area contributed by atoms with E-state index in [1.54, 1.807) is 7.11 Å².